The van der Waals surface area contributed by atoms with Crippen molar-refractivity contribution >= 4 is 35.2 Å². The lowest BCUT2D eigenvalue weighted by Crippen LogP contribution is -2.42. The third-order valence-electron chi connectivity index (χ3n) is 5.71. The van der Waals surface area contributed by atoms with Crippen LogP contribution in [0.5, 0.6) is 0 Å². The summed E-state index contributed by atoms with van der Waals surface area (Å²) < 4.78 is 5.22. The Bertz CT molecular complexity index is 837. The van der Waals surface area contributed by atoms with Gasteiger partial charge in [0.1, 0.15) is 12.3 Å². The molecule has 0 aliphatic heterocycles. The molecule has 1 aliphatic rings. The fourth-order valence-electron chi connectivity index (χ4n) is 3.77. The quantitative estimate of drug-likeness (QED) is 0.497. The van der Waals surface area contributed by atoms with Crippen LogP contribution in [0, 0.1) is 5.92 Å². The number of nitrogens with zero attached hydrogens (tertiary/aromatic N) is 2. The van der Waals surface area contributed by atoms with Crippen LogP contribution >= 0.6 is 11.6 Å². The van der Waals surface area contributed by atoms with Gasteiger partial charge in [-0.25, -0.2) is 4.79 Å². The second-order valence-electron chi connectivity index (χ2n) is 8.63. The van der Waals surface area contributed by atoms with Crippen molar-refractivity contribution in [1.29, 1.82) is 0 Å². The van der Waals surface area contributed by atoms with E-state index in [4.69, 9.17) is 16.3 Å². The molecule has 1 aliphatic carbocycles. The van der Waals surface area contributed by atoms with Crippen LogP contribution in [0.2, 0.25) is 5.02 Å². The maximum atomic E-state index is 12.9. The molecule has 0 radical (unpaired) electrons. The molecule has 1 fully saturated rings. The number of aliphatic imine (C=N–C) groups is 1. The molecule has 2 N–H and O–H groups in total. The molecule has 0 saturated heterocycles. The molecule has 3 amide bonds. The van der Waals surface area contributed by atoms with Crippen LogP contribution in [0.3, 0.4) is 0 Å². The maximum Gasteiger partial charge on any atom is 0.434 e. The number of aliphatic hydroxyl groups excluding tert-OH is 1. The fourth-order valence-corrected chi connectivity index (χ4v) is 3.98. The Morgan fingerprint density at radius 1 is 1.24 bits per heavy atom. The zero-order chi connectivity index (χ0) is 24.2. The minimum absolute atomic E-state index is 0.00681. The largest absolute Gasteiger partial charge is 0.443 e. The lowest BCUT2D eigenvalue weighted by Gasteiger charge is -2.23. The van der Waals surface area contributed by atoms with E-state index < -0.39 is 18.0 Å². The number of carbonyl (C=O) groups is 3. The van der Waals surface area contributed by atoms with E-state index in [0.717, 1.165) is 31.2 Å². The Balaban J connectivity index is 2.04. The minimum Gasteiger partial charge on any atom is -0.443 e. The van der Waals surface area contributed by atoms with Crippen molar-refractivity contribution in [3.63, 3.8) is 0 Å². The molecule has 0 unspecified atom stereocenters. The number of ether oxygens (including phenoxy) is 1. The van der Waals surface area contributed by atoms with Crippen molar-refractivity contribution in [1.82, 2.24) is 10.2 Å². The molecule has 1 aromatic carbocycles. The van der Waals surface area contributed by atoms with Crippen LogP contribution in [0.15, 0.2) is 29.3 Å². The first-order chi connectivity index (χ1) is 15.8. The number of aliphatic hydroxyl groups is 1. The third-order valence-corrected chi connectivity index (χ3v) is 5.94. The van der Waals surface area contributed by atoms with E-state index >= 15 is 0 Å². The van der Waals surface area contributed by atoms with Crippen LogP contribution in [0.1, 0.15) is 56.9 Å². The van der Waals surface area contributed by atoms with Crippen molar-refractivity contribution in [2.75, 3.05) is 20.7 Å². The summed E-state index contributed by atoms with van der Waals surface area (Å²) in [6, 6.07) is 6.34. The van der Waals surface area contributed by atoms with Crippen molar-refractivity contribution in [3.8, 4) is 0 Å². The van der Waals surface area contributed by atoms with E-state index in [1.165, 1.54) is 11.3 Å². The topological polar surface area (TPSA) is 108 Å². The van der Waals surface area contributed by atoms with Gasteiger partial charge in [-0.15, -0.1) is 0 Å². The van der Waals surface area contributed by atoms with E-state index in [1.807, 2.05) is 0 Å². The van der Waals surface area contributed by atoms with E-state index in [-0.39, 0.29) is 43.6 Å². The summed E-state index contributed by atoms with van der Waals surface area (Å²) in [4.78, 5) is 42.6. The first kappa shape index (κ1) is 26.8. The molecule has 1 aromatic rings. The van der Waals surface area contributed by atoms with E-state index in [2.05, 4.69) is 10.3 Å². The number of carbonyl (C=O) groups excluding carboxylic acids is 3. The second-order valence-corrected chi connectivity index (χ2v) is 9.07. The maximum absolute atomic E-state index is 12.9. The van der Waals surface area contributed by atoms with E-state index in [0.29, 0.717) is 11.4 Å². The Labute approximate surface area is 200 Å². The predicted molar refractivity (Wildman–Crippen MR) is 127 cm³/mol. The first-order valence-corrected chi connectivity index (χ1v) is 11.8. The van der Waals surface area contributed by atoms with Gasteiger partial charge < -0.3 is 20.1 Å². The Morgan fingerprint density at radius 3 is 2.61 bits per heavy atom. The SMILES string of the molecule is CN(C)C(=O)CC[C@@H](CO)NC(=O)C(CC1CCCCC1)=NC(=O)OCc1cccc(Cl)c1. The van der Waals surface area contributed by atoms with Gasteiger partial charge in [-0.1, -0.05) is 55.8 Å². The number of halogens is 1. The molecular formula is C24H34ClN3O5. The minimum atomic E-state index is -0.848. The average molecular weight is 480 g/mol. The van der Waals surface area contributed by atoms with Gasteiger partial charge in [-0.05, 0) is 36.5 Å². The van der Waals surface area contributed by atoms with Gasteiger partial charge in [0.05, 0.1) is 12.6 Å². The lowest BCUT2D eigenvalue weighted by atomic mass is 9.85. The van der Waals surface area contributed by atoms with Crippen LogP contribution in [0.4, 0.5) is 4.79 Å². The highest BCUT2D eigenvalue weighted by Gasteiger charge is 2.24. The number of hydrogen-bond acceptors (Lipinski definition) is 5. The lowest BCUT2D eigenvalue weighted by molar-refractivity contribution is -0.129. The summed E-state index contributed by atoms with van der Waals surface area (Å²) >= 11 is 5.95. The highest BCUT2D eigenvalue weighted by molar-refractivity contribution is 6.40. The molecule has 0 bridgehead atoms. The first-order valence-electron chi connectivity index (χ1n) is 11.4. The molecule has 2 rings (SSSR count). The van der Waals surface area contributed by atoms with E-state index in [9.17, 15) is 19.5 Å². The smallest absolute Gasteiger partial charge is 0.434 e. The van der Waals surface area contributed by atoms with Gasteiger partial charge in [-0.2, -0.15) is 4.99 Å². The average Bonchev–Trinajstić information content (AvgIpc) is 2.80. The third kappa shape index (κ3) is 9.92. The summed E-state index contributed by atoms with van der Waals surface area (Å²) in [6.07, 6.45) is 5.30. The molecule has 1 saturated carbocycles. The summed E-state index contributed by atoms with van der Waals surface area (Å²) in [6.45, 7) is -0.324. The van der Waals surface area contributed by atoms with Crippen molar-refractivity contribution in [2.24, 2.45) is 10.9 Å². The molecule has 8 nitrogen and oxygen atoms in total. The van der Waals surface area contributed by atoms with Crippen molar-refractivity contribution < 1.29 is 24.2 Å². The zero-order valence-corrected chi connectivity index (χ0v) is 20.1. The summed E-state index contributed by atoms with van der Waals surface area (Å²) in [7, 11) is 3.30. The number of amides is 3. The summed E-state index contributed by atoms with van der Waals surface area (Å²) in [5, 5.41) is 12.9. The summed E-state index contributed by atoms with van der Waals surface area (Å²) in [5.74, 6) is -0.341. The second kappa shape index (κ2) is 14.0. The Morgan fingerprint density at radius 2 is 1.97 bits per heavy atom. The van der Waals surface area contributed by atoms with Crippen molar-refractivity contribution in [2.45, 2.75) is 64.0 Å². The van der Waals surface area contributed by atoms with E-state index in [1.54, 1.807) is 38.4 Å². The molecule has 9 heteroatoms. The molecule has 33 heavy (non-hydrogen) atoms. The number of rotatable bonds is 10. The number of hydrogen-bond donors (Lipinski definition) is 2. The Kier molecular flexibility index (Phi) is 11.3. The van der Waals surface area contributed by atoms with Crippen LogP contribution < -0.4 is 5.32 Å². The molecule has 1 atom stereocenters. The van der Waals surface area contributed by atoms with Gasteiger partial charge in [0.15, 0.2) is 0 Å². The van der Waals surface area contributed by atoms with Gasteiger partial charge >= 0.3 is 6.09 Å². The predicted octanol–water partition coefficient (Wildman–Crippen LogP) is 3.73. The highest BCUT2D eigenvalue weighted by atomic mass is 35.5. The molecular weight excluding hydrogens is 446 g/mol. The summed E-state index contributed by atoms with van der Waals surface area (Å²) in [5.41, 5.74) is 0.811. The normalized spacial score (nSPS) is 15.6. The van der Waals surface area contributed by atoms with Gasteiger partial charge in [0.25, 0.3) is 5.91 Å². The Hall–Kier alpha value is -2.45. The van der Waals surface area contributed by atoms with Crippen LogP contribution in [-0.4, -0.2) is 60.4 Å². The number of nitrogens with one attached hydrogen (secondary N) is 1. The van der Waals surface area contributed by atoms with Crippen LogP contribution in [0.25, 0.3) is 0 Å². The number of benzene rings is 1. The molecule has 182 valence electrons. The van der Waals surface area contributed by atoms with Gasteiger partial charge in [-0.3, -0.25) is 9.59 Å². The monoisotopic (exact) mass is 479 g/mol. The van der Waals surface area contributed by atoms with Crippen LogP contribution in [-0.2, 0) is 20.9 Å². The van der Waals surface area contributed by atoms with Crippen molar-refractivity contribution in [3.05, 3.63) is 34.9 Å². The van der Waals surface area contributed by atoms with Gasteiger partial charge in [0, 0.05) is 25.5 Å². The zero-order valence-electron chi connectivity index (χ0n) is 19.4. The van der Waals surface area contributed by atoms with Gasteiger partial charge in [0.2, 0.25) is 5.91 Å². The molecule has 0 spiro atoms. The molecule has 0 aromatic heterocycles. The fraction of sp³-hybridized carbons (Fsp3) is 0.583. The molecule has 0 heterocycles. The highest BCUT2D eigenvalue weighted by Crippen LogP contribution is 2.27. The standard InChI is InChI=1S/C24H34ClN3O5/c1-28(2)22(30)12-11-20(15-29)26-23(31)21(14-17-7-4-3-5-8-17)27-24(32)33-16-18-9-6-10-19(25)13-18/h6,9-10,13,17,20,29H,3-5,7-8,11-12,14-16H2,1-2H3,(H,26,31)/t20-/m0/s1.